The summed E-state index contributed by atoms with van der Waals surface area (Å²) in [5.74, 6) is -0.975. The van der Waals surface area contributed by atoms with Crippen LogP contribution in [-0.2, 0) is 32.1 Å². The highest BCUT2D eigenvalue weighted by atomic mass is 16.5. The van der Waals surface area contributed by atoms with Crippen molar-refractivity contribution < 1.29 is 23.9 Å². The molecule has 1 saturated heterocycles. The molecular formula is C38H46N4O5. The molecule has 0 aromatic heterocycles. The van der Waals surface area contributed by atoms with Crippen LogP contribution in [0.25, 0.3) is 0 Å². The molecule has 3 N–H and O–H groups in total. The maximum Gasteiger partial charge on any atom is 0.243 e. The molecule has 47 heavy (non-hydrogen) atoms. The van der Waals surface area contributed by atoms with Gasteiger partial charge in [0, 0.05) is 19.6 Å². The second kappa shape index (κ2) is 16.3. The molecule has 0 spiro atoms. The van der Waals surface area contributed by atoms with Crippen LogP contribution >= 0.6 is 0 Å². The van der Waals surface area contributed by atoms with Gasteiger partial charge in [0.1, 0.15) is 17.8 Å². The quantitative estimate of drug-likeness (QED) is 0.370. The van der Waals surface area contributed by atoms with E-state index in [0.29, 0.717) is 32.5 Å². The van der Waals surface area contributed by atoms with E-state index in [-0.39, 0.29) is 36.6 Å². The molecule has 2 aliphatic rings. The van der Waals surface area contributed by atoms with Gasteiger partial charge in [-0.25, -0.2) is 0 Å². The number of carbonyl (C=O) groups is 4. The Kier molecular flexibility index (Phi) is 11.7. The van der Waals surface area contributed by atoms with Crippen molar-refractivity contribution in [3.05, 3.63) is 101 Å². The first-order valence-electron chi connectivity index (χ1n) is 16.7. The van der Waals surface area contributed by atoms with Gasteiger partial charge in [-0.1, -0.05) is 66.7 Å². The molecule has 248 valence electrons. The van der Waals surface area contributed by atoms with Crippen LogP contribution in [0, 0.1) is 12.8 Å². The van der Waals surface area contributed by atoms with Crippen LogP contribution in [0.4, 0.5) is 0 Å². The van der Waals surface area contributed by atoms with Crippen molar-refractivity contribution in [1.82, 2.24) is 20.9 Å². The van der Waals surface area contributed by atoms with Crippen molar-refractivity contribution in [3.63, 3.8) is 0 Å². The van der Waals surface area contributed by atoms with Gasteiger partial charge in [-0.05, 0) is 86.3 Å². The lowest BCUT2D eigenvalue weighted by molar-refractivity contribution is -0.138. The summed E-state index contributed by atoms with van der Waals surface area (Å²) < 4.78 is 6.11. The first-order valence-corrected chi connectivity index (χ1v) is 16.7. The molecule has 0 radical (unpaired) electrons. The van der Waals surface area contributed by atoms with Crippen molar-refractivity contribution in [2.75, 3.05) is 19.7 Å². The fourth-order valence-electron chi connectivity index (χ4n) is 6.30. The Hall–Kier alpha value is -4.66. The third kappa shape index (κ3) is 9.44. The third-order valence-corrected chi connectivity index (χ3v) is 9.34. The van der Waals surface area contributed by atoms with E-state index in [1.54, 1.807) is 11.8 Å². The average molecular weight is 639 g/mol. The minimum absolute atomic E-state index is 0.195. The van der Waals surface area contributed by atoms with E-state index in [1.807, 2.05) is 85.8 Å². The van der Waals surface area contributed by atoms with Gasteiger partial charge in [0.15, 0.2) is 0 Å². The van der Waals surface area contributed by atoms with Crippen LogP contribution in [-0.4, -0.2) is 60.3 Å². The smallest absolute Gasteiger partial charge is 0.243 e. The zero-order valence-electron chi connectivity index (χ0n) is 27.4. The van der Waals surface area contributed by atoms with Crippen LogP contribution in [0.2, 0.25) is 0 Å². The molecule has 2 heterocycles. The molecule has 4 bridgehead atoms. The number of hydrogen-bond donors (Lipinski definition) is 3. The van der Waals surface area contributed by atoms with Crippen LogP contribution in [0.3, 0.4) is 0 Å². The number of nitrogens with one attached hydrogen (secondary N) is 3. The molecule has 9 nitrogen and oxygen atoms in total. The summed E-state index contributed by atoms with van der Waals surface area (Å²) in [5.41, 5.74) is 3.79. The van der Waals surface area contributed by atoms with Crippen LogP contribution in [0.15, 0.2) is 78.9 Å². The van der Waals surface area contributed by atoms with Crippen molar-refractivity contribution in [2.45, 2.75) is 76.9 Å². The highest BCUT2D eigenvalue weighted by Gasteiger charge is 2.33. The molecule has 3 aromatic carbocycles. The summed E-state index contributed by atoms with van der Waals surface area (Å²) >= 11 is 0. The predicted octanol–water partition coefficient (Wildman–Crippen LogP) is 4.43. The number of piperidine rings is 1. The number of hydrogen-bond acceptors (Lipinski definition) is 5. The molecule has 0 aliphatic carbocycles. The number of amides is 4. The van der Waals surface area contributed by atoms with Gasteiger partial charge >= 0.3 is 0 Å². The standard InChI is InChI=1S/C38H46N4O5/c1-26-15-17-32-22-31(26)24-39-37(45)33(18-16-28-10-5-3-6-11-28)40-38(46)34(41-36(44)27(2)30-13-7-4-8-14-30)23-35(43)42-20-9-12-29(25-42)19-21-47-32/h3-8,10-11,13-15,17,22,27,29,33-34H,9,12,16,18-21,23-25H2,1-2H3,(H,39,45)(H,40,46)(H,41,44)/t27-,29?,33-,34-/m0/s1. The lowest BCUT2D eigenvalue weighted by atomic mass is 9.94. The Morgan fingerprint density at radius 1 is 0.979 bits per heavy atom. The van der Waals surface area contributed by atoms with Crippen molar-refractivity contribution >= 4 is 23.6 Å². The molecule has 9 heteroatoms. The van der Waals surface area contributed by atoms with Gasteiger partial charge < -0.3 is 25.6 Å². The fourth-order valence-corrected chi connectivity index (χ4v) is 6.30. The van der Waals surface area contributed by atoms with E-state index in [9.17, 15) is 19.2 Å². The highest BCUT2D eigenvalue weighted by molar-refractivity contribution is 5.96. The summed E-state index contributed by atoms with van der Waals surface area (Å²) in [6.45, 7) is 5.72. The first kappa shape index (κ1) is 33.7. The van der Waals surface area contributed by atoms with Crippen molar-refractivity contribution in [2.24, 2.45) is 5.92 Å². The van der Waals surface area contributed by atoms with Crippen molar-refractivity contribution in [1.29, 1.82) is 0 Å². The lowest BCUT2D eigenvalue weighted by Gasteiger charge is -2.34. The second-order valence-corrected chi connectivity index (χ2v) is 12.8. The molecule has 4 amide bonds. The minimum Gasteiger partial charge on any atom is -0.494 e. The summed E-state index contributed by atoms with van der Waals surface area (Å²) in [5, 5.41) is 8.78. The normalized spacial score (nSPS) is 21.7. The van der Waals surface area contributed by atoms with E-state index in [2.05, 4.69) is 16.0 Å². The number of benzene rings is 3. The van der Waals surface area contributed by atoms with Crippen LogP contribution in [0.5, 0.6) is 5.75 Å². The first-order chi connectivity index (χ1) is 22.8. The van der Waals surface area contributed by atoms with Gasteiger partial charge in [-0.2, -0.15) is 0 Å². The molecule has 4 atom stereocenters. The Labute approximate surface area is 277 Å². The van der Waals surface area contributed by atoms with E-state index < -0.39 is 23.9 Å². The predicted molar refractivity (Wildman–Crippen MR) is 181 cm³/mol. The fraction of sp³-hybridized carbons (Fsp3) is 0.421. The van der Waals surface area contributed by atoms with Gasteiger partial charge in [0.05, 0.1) is 18.9 Å². The van der Waals surface area contributed by atoms with Crippen molar-refractivity contribution in [3.8, 4) is 5.75 Å². The summed E-state index contributed by atoms with van der Waals surface area (Å²) in [6, 6.07) is 22.9. The zero-order valence-corrected chi connectivity index (χ0v) is 27.4. The van der Waals surface area contributed by atoms with Gasteiger partial charge in [-0.15, -0.1) is 0 Å². The number of rotatable bonds is 6. The Bertz CT molecular complexity index is 1530. The summed E-state index contributed by atoms with van der Waals surface area (Å²) in [4.78, 5) is 56.6. The van der Waals surface area contributed by atoms with E-state index in [4.69, 9.17) is 4.74 Å². The second-order valence-electron chi connectivity index (χ2n) is 12.8. The largest absolute Gasteiger partial charge is 0.494 e. The number of fused-ring (bicyclic) bond motifs is 4. The number of carbonyl (C=O) groups excluding carboxylic acids is 4. The number of aryl methyl sites for hydroxylation is 2. The number of nitrogens with zero attached hydrogens (tertiary/aromatic N) is 1. The molecule has 1 fully saturated rings. The molecule has 2 aliphatic heterocycles. The average Bonchev–Trinajstić information content (AvgIpc) is 3.09. The molecular weight excluding hydrogens is 592 g/mol. The van der Waals surface area contributed by atoms with Gasteiger partial charge in [0.2, 0.25) is 23.6 Å². The van der Waals surface area contributed by atoms with Crippen LogP contribution < -0.4 is 20.7 Å². The number of ether oxygens (including phenoxy) is 1. The molecule has 0 saturated carbocycles. The monoisotopic (exact) mass is 638 g/mol. The maximum atomic E-state index is 14.0. The van der Waals surface area contributed by atoms with Gasteiger partial charge in [-0.3, -0.25) is 19.2 Å². The molecule has 5 rings (SSSR count). The Morgan fingerprint density at radius 2 is 1.72 bits per heavy atom. The third-order valence-electron chi connectivity index (χ3n) is 9.34. The minimum atomic E-state index is -1.14. The van der Waals surface area contributed by atoms with E-state index >= 15 is 0 Å². The molecule has 1 unspecified atom stereocenters. The molecule has 3 aromatic rings. The lowest BCUT2D eigenvalue weighted by Crippen LogP contribution is -2.55. The summed E-state index contributed by atoms with van der Waals surface area (Å²) in [7, 11) is 0. The summed E-state index contributed by atoms with van der Waals surface area (Å²) in [6.07, 6.45) is 3.35. The van der Waals surface area contributed by atoms with E-state index in [0.717, 1.165) is 47.3 Å². The van der Waals surface area contributed by atoms with Crippen LogP contribution in [0.1, 0.15) is 67.2 Å². The van der Waals surface area contributed by atoms with Gasteiger partial charge in [0.25, 0.3) is 0 Å². The Balaban J connectivity index is 1.41. The zero-order chi connectivity index (χ0) is 33.2. The topological polar surface area (TPSA) is 117 Å². The highest BCUT2D eigenvalue weighted by Crippen LogP contribution is 2.23. The van der Waals surface area contributed by atoms with E-state index in [1.165, 1.54) is 0 Å². The Morgan fingerprint density at radius 3 is 2.49 bits per heavy atom. The maximum absolute atomic E-state index is 14.0. The SMILES string of the molecule is Cc1ccc2cc1CNC(=O)[C@H](CCc1ccccc1)NC(=O)[C@@H](NC(=O)[C@@H](C)c1ccccc1)CC(=O)N1CCCC(CCO2)C1.